The summed E-state index contributed by atoms with van der Waals surface area (Å²) in [5.74, 6) is -0.394. The van der Waals surface area contributed by atoms with Crippen molar-refractivity contribution in [3.8, 4) is 6.07 Å². The summed E-state index contributed by atoms with van der Waals surface area (Å²) in [6.45, 7) is 3.27. The average molecular weight is 312 g/mol. The molecule has 6 nitrogen and oxygen atoms in total. The van der Waals surface area contributed by atoms with Gasteiger partial charge in [-0.25, -0.2) is 0 Å². The molecule has 6 heteroatoms. The molecule has 23 heavy (non-hydrogen) atoms. The maximum absolute atomic E-state index is 12.4. The van der Waals surface area contributed by atoms with Crippen molar-refractivity contribution in [3.05, 3.63) is 29.8 Å². The topological polar surface area (TPSA) is 76.4 Å². The van der Waals surface area contributed by atoms with Crippen LogP contribution in [0.5, 0.6) is 0 Å². The maximum Gasteiger partial charge on any atom is 0.228 e. The molecule has 1 aromatic rings. The standard InChI is InChI=1S/C17H20N4O2/c1-20-6-8-21(9-7-20)17(23)15-10-14(15)16(22)19-13-4-2-12(11-18)3-5-13/h2-5,14-15H,6-10H2,1H3,(H,19,22). The average Bonchev–Trinajstić information content (AvgIpc) is 3.36. The number of nitrogens with zero attached hydrogens (tertiary/aromatic N) is 3. The molecule has 2 unspecified atom stereocenters. The Bertz CT molecular complexity index is 642. The van der Waals surface area contributed by atoms with E-state index in [1.54, 1.807) is 24.3 Å². The minimum absolute atomic E-state index is 0.109. The Morgan fingerprint density at radius 2 is 1.78 bits per heavy atom. The van der Waals surface area contributed by atoms with E-state index < -0.39 is 0 Å². The molecule has 1 aromatic carbocycles. The molecule has 1 aliphatic heterocycles. The zero-order chi connectivity index (χ0) is 16.4. The highest BCUT2D eigenvalue weighted by molar-refractivity contribution is 5.99. The van der Waals surface area contributed by atoms with Crippen LogP contribution in [-0.4, -0.2) is 54.8 Å². The van der Waals surface area contributed by atoms with Crippen LogP contribution in [-0.2, 0) is 9.59 Å². The summed E-state index contributed by atoms with van der Waals surface area (Å²) in [4.78, 5) is 28.7. The fourth-order valence-electron chi connectivity index (χ4n) is 2.88. The molecule has 120 valence electrons. The monoisotopic (exact) mass is 312 g/mol. The highest BCUT2D eigenvalue weighted by atomic mass is 16.2. The third kappa shape index (κ3) is 3.51. The van der Waals surface area contributed by atoms with Crippen LogP contribution >= 0.6 is 0 Å². The van der Waals surface area contributed by atoms with Gasteiger partial charge >= 0.3 is 0 Å². The van der Waals surface area contributed by atoms with Crippen molar-refractivity contribution in [1.82, 2.24) is 9.80 Å². The Kier molecular flexibility index (Phi) is 4.30. The molecule has 1 N–H and O–H groups in total. The molecular formula is C17H20N4O2. The van der Waals surface area contributed by atoms with Crippen LogP contribution in [0.3, 0.4) is 0 Å². The zero-order valence-electron chi connectivity index (χ0n) is 13.2. The van der Waals surface area contributed by atoms with E-state index in [4.69, 9.17) is 5.26 Å². The number of nitriles is 1. The van der Waals surface area contributed by atoms with E-state index in [0.717, 1.165) is 26.2 Å². The van der Waals surface area contributed by atoms with E-state index in [-0.39, 0.29) is 23.7 Å². The van der Waals surface area contributed by atoms with Crippen LogP contribution in [0.2, 0.25) is 0 Å². The van der Waals surface area contributed by atoms with Crippen LogP contribution in [0, 0.1) is 23.2 Å². The first kappa shape index (κ1) is 15.5. The van der Waals surface area contributed by atoms with E-state index in [9.17, 15) is 9.59 Å². The summed E-state index contributed by atoms with van der Waals surface area (Å²) in [6, 6.07) is 8.77. The van der Waals surface area contributed by atoms with E-state index in [2.05, 4.69) is 10.2 Å². The van der Waals surface area contributed by atoms with Crippen molar-refractivity contribution in [2.75, 3.05) is 38.5 Å². The van der Waals surface area contributed by atoms with Crippen molar-refractivity contribution < 1.29 is 9.59 Å². The third-order valence-electron chi connectivity index (χ3n) is 4.54. The number of anilines is 1. The number of likely N-dealkylation sites (N-methyl/N-ethyl adjacent to an activating group) is 1. The summed E-state index contributed by atoms with van der Waals surface area (Å²) in [6.07, 6.45) is 0.632. The lowest BCUT2D eigenvalue weighted by molar-refractivity contribution is -0.135. The van der Waals surface area contributed by atoms with Gasteiger partial charge in [-0.3, -0.25) is 9.59 Å². The molecule has 2 amide bonds. The third-order valence-corrected chi connectivity index (χ3v) is 4.54. The summed E-state index contributed by atoms with van der Waals surface area (Å²) in [5.41, 5.74) is 1.21. The second-order valence-corrected chi connectivity index (χ2v) is 6.26. The van der Waals surface area contributed by atoms with Gasteiger partial charge in [0.25, 0.3) is 0 Å². The van der Waals surface area contributed by atoms with Gasteiger partial charge in [-0.05, 0) is 37.7 Å². The van der Waals surface area contributed by atoms with E-state index in [0.29, 0.717) is 17.7 Å². The number of nitrogens with one attached hydrogen (secondary N) is 1. The smallest absolute Gasteiger partial charge is 0.228 e. The molecule has 2 atom stereocenters. The molecule has 1 saturated heterocycles. The van der Waals surface area contributed by atoms with Gasteiger partial charge < -0.3 is 15.1 Å². The summed E-state index contributed by atoms with van der Waals surface area (Å²) in [5, 5.41) is 11.6. The number of hydrogen-bond acceptors (Lipinski definition) is 4. The Hall–Kier alpha value is -2.39. The highest BCUT2D eigenvalue weighted by Crippen LogP contribution is 2.41. The zero-order valence-corrected chi connectivity index (χ0v) is 13.2. The van der Waals surface area contributed by atoms with Gasteiger partial charge in [0, 0.05) is 31.9 Å². The fourth-order valence-corrected chi connectivity index (χ4v) is 2.88. The Morgan fingerprint density at radius 3 is 2.39 bits per heavy atom. The number of carbonyl (C=O) groups excluding carboxylic acids is 2. The normalized spacial score (nSPS) is 23.9. The molecule has 0 spiro atoms. The maximum atomic E-state index is 12.4. The largest absolute Gasteiger partial charge is 0.340 e. The van der Waals surface area contributed by atoms with Gasteiger partial charge in [-0.1, -0.05) is 0 Å². The first-order valence-electron chi connectivity index (χ1n) is 7.87. The lowest BCUT2D eigenvalue weighted by Gasteiger charge is -2.32. The van der Waals surface area contributed by atoms with Crippen molar-refractivity contribution in [2.45, 2.75) is 6.42 Å². The number of piperazine rings is 1. The molecule has 0 radical (unpaired) electrons. The van der Waals surface area contributed by atoms with Gasteiger partial charge in [0.15, 0.2) is 0 Å². The molecule has 3 rings (SSSR count). The molecule has 1 heterocycles. The van der Waals surface area contributed by atoms with E-state index >= 15 is 0 Å². The first-order chi connectivity index (χ1) is 11.1. The Balaban J connectivity index is 1.52. The first-order valence-corrected chi connectivity index (χ1v) is 7.87. The van der Waals surface area contributed by atoms with Crippen LogP contribution in [0.25, 0.3) is 0 Å². The molecule has 1 saturated carbocycles. The molecule has 2 aliphatic rings. The van der Waals surface area contributed by atoms with Crippen LogP contribution in [0.15, 0.2) is 24.3 Å². The van der Waals surface area contributed by atoms with Gasteiger partial charge in [0.05, 0.1) is 23.5 Å². The van der Waals surface area contributed by atoms with E-state index in [1.807, 2.05) is 18.0 Å². The van der Waals surface area contributed by atoms with Crippen molar-refractivity contribution in [3.63, 3.8) is 0 Å². The second kappa shape index (κ2) is 6.39. The minimum atomic E-state index is -0.224. The molecule has 0 bridgehead atoms. The molecule has 1 aliphatic carbocycles. The van der Waals surface area contributed by atoms with Gasteiger partial charge in [0.1, 0.15) is 0 Å². The predicted molar refractivity (Wildman–Crippen MR) is 85.5 cm³/mol. The number of rotatable bonds is 3. The van der Waals surface area contributed by atoms with Crippen LogP contribution < -0.4 is 5.32 Å². The summed E-state index contributed by atoms with van der Waals surface area (Å²) < 4.78 is 0. The van der Waals surface area contributed by atoms with Crippen LogP contribution in [0.1, 0.15) is 12.0 Å². The number of amides is 2. The van der Waals surface area contributed by atoms with Gasteiger partial charge in [0.2, 0.25) is 11.8 Å². The number of hydrogen-bond donors (Lipinski definition) is 1. The molecular weight excluding hydrogens is 292 g/mol. The Morgan fingerprint density at radius 1 is 1.13 bits per heavy atom. The van der Waals surface area contributed by atoms with Crippen molar-refractivity contribution in [2.24, 2.45) is 11.8 Å². The number of carbonyl (C=O) groups is 2. The second-order valence-electron chi connectivity index (χ2n) is 6.26. The lowest BCUT2D eigenvalue weighted by Crippen LogP contribution is -2.48. The lowest BCUT2D eigenvalue weighted by atomic mass is 10.2. The highest BCUT2D eigenvalue weighted by Gasteiger charge is 2.49. The minimum Gasteiger partial charge on any atom is -0.340 e. The molecule has 0 aromatic heterocycles. The Labute approximate surface area is 135 Å². The number of benzene rings is 1. The van der Waals surface area contributed by atoms with E-state index in [1.165, 1.54) is 0 Å². The van der Waals surface area contributed by atoms with Gasteiger partial charge in [-0.2, -0.15) is 5.26 Å². The van der Waals surface area contributed by atoms with Crippen LogP contribution in [0.4, 0.5) is 5.69 Å². The van der Waals surface area contributed by atoms with Crippen molar-refractivity contribution >= 4 is 17.5 Å². The fraction of sp³-hybridized carbons (Fsp3) is 0.471. The van der Waals surface area contributed by atoms with Crippen molar-refractivity contribution in [1.29, 1.82) is 5.26 Å². The predicted octanol–water partition coefficient (Wildman–Crippen LogP) is 0.907. The SMILES string of the molecule is CN1CCN(C(=O)C2CC2C(=O)Nc2ccc(C#N)cc2)CC1. The summed E-state index contributed by atoms with van der Waals surface area (Å²) >= 11 is 0. The van der Waals surface area contributed by atoms with Gasteiger partial charge in [-0.15, -0.1) is 0 Å². The molecule has 2 fully saturated rings. The summed E-state index contributed by atoms with van der Waals surface area (Å²) in [7, 11) is 2.05. The quantitative estimate of drug-likeness (QED) is 0.900.